The Kier molecular flexibility index (Phi) is 3.76. The molecule has 1 fully saturated rings. The zero-order chi connectivity index (χ0) is 14.3. The first-order valence-corrected chi connectivity index (χ1v) is 7.18. The highest BCUT2D eigenvalue weighted by atomic mass is 32.2. The van der Waals surface area contributed by atoms with Gasteiger partial charge in [0.1, 0.15) is 0 Å². The van der Waals surface area contributed by atoms with Gasteiger partial charge in [-0.2, -0.15) is 21.6 Å². The first-order valence-electron chi connectivity index (χ1n) is 5.77. The summed E-state index contributed by atoms with van der Waals surface area (Å²) in [7, 11) is -3.64. The summed E-state index contributed by atoms with van der Waals surface area (Å²) in [5, 5.41) is 0. The molecule has 0 saturated carbocycles. The molecule has 8 heteroatoms. The fourth-order valence-corrected chi connectivity index (χ4v) is 2.74. The highest BCUT2D eigenvalue weighted by Crippen LogP contribution is 2.31. The van der Waals surface area contributed by atoms with E-state index in [1.165, 1.54) is 6.08 Å². The quantitative estimate of drug-likeness (QED) is 0.576. The van der Waals surface area contributed by atoms with Gasteiger partial charge in [-0.1, -0.05) is 6.08 Å². The van der Waals surface area contributed by atoms with Crippen LogP contribution in [0.5, 0.6) is 0 Å². The van der Waals surface area contributed by atoms with E-state index in [-0.39, 0.29) is 6.42 Å². The number of fused-ring (bicyclic) bond motifs is 1. The first kappa shape index (κ1) is 14.5. The maximum Gasteiger partial charge on any atom is 0.523 e. The zero-order valence-corrected chi connectivity index (χ0v) is 11.1. The Balaban J connectivity index is 2.12. The lowest BCUT2D eigenvalue weighted by atomic mass is 9.91. The van der Waals surface area contributed by atoms with Gasteiger partial charge in [0, 0.05) is 13.1 Å². The number of nitrogens with zero attached hydrogens (tertiary/aromatic N) is 1. The van der Waals surface area contributed by atoms with Crippen molar-refractivity contribution < 1.29 is 25.8 Å². The SMILES string of the molecule is CN1CCC2=CCC(OS(=O)(=O)C(F)(F)F)C=C2C1. The molecule has 1 unspecified atom stereocenters. The molecule has 1 saturated heterocycles. The molecule has 0 N–H and O–H groups in total. The van der Waals surface area contributed by atoms with Gasteiger partial charge in [-0.15, -0.1) is 0 Å². The Labute approximate surface area is 109 Å². The van der Waals surface area contributed by atoms with Crippen LogP contribution in [0.4, 0.5) is 13.2 Å². The third-order valence-electron chi connectivity index (χ3n) is 3.13. The Morgan fingerprint density at radius 3 is 2.68 bits per heavy atom. The van der Waals surface area contributed by atoms with Gasteiger partial charge in [-0.3, -0.25) is 4.18 Å². The lowest BCUT2D eigenvalue weighted by Gasteiger charge is -2.30. The van der Waals surface area contributed by atoms with Crippen LogP contribution >= 0.6 is 0 Å². The Morgan fingerprint density at radius 1 is 1.37 bits per heavy atom. The predicted octanol–water partition coefficient (Wildman–Crippen LogP) is 1.81. The number of likely N-dealkylation sites (tertiary alicyclic amines) is 1. The van der Waals surface area contributed by atoms with Crippen molar-refractivity contribution >= 4 is 10.1 Å². The number of likely N-dealkylation sites (N-methyl/N-ethyl adjacent to an activating group) is 1. The second-order valence-electron chi connectivity index (χ2n) is 4.68. The minimum Gasteiger partial charge on any atom is -0.302 e. The van der Waals surface area contributed by atoms with Crippen molar-refractivity contribution in [1.82, 2.24) is 4.90 Å². The third-order valence-corrected chi connectivity index (χ3v) is 4.20. The summed E-state index contributed by atoms with van der Waals surface area (Å²) < 4.78 is 62.8. The lowest BCUT2D eigenvalue weighted by molar-refractivity contribution is -0.0559. The van der Waals surface area contributed by atoms with Crippen molar-refractivity contribution in [2.24, 2.45) is 0 Å². The summed E-state index contributed by atoms with van der Waals surface area (Å²) in [6.07, 6.45) is 3.14. The molecule has 0 radical (unpaired) electrons. The standard InChI is InChI=1S/C11H14F3NO3S/c1-15-5-4-8-2-3-10(6-9(8)7-15)18-19(16,17)11(12,13)14/h2,6,10H,3-5,7H2,1H3. The molecule has 0 bridgehead atoms. The molecular formula is C11H14F3NO3S. The highest BCUT2D eigenvalue weighted by Gasteiger charge is 2.48. The van der Waals surface area contributed by atoms with Gasteiger partial charge in [-0.25, -0.2) is 0 Å². The predicted molar refractivity (Wildman–Crippen MR) is 62.7 cm³/mol. The van der Waals surface area contributed by atoms with Gasteiger partial charge in [0.2, 0.25) is 0 Å². The molecular weight excluding hydrogens is 283 g/mol. The topological polar surface area (TPSA) is 46.6 Å². The first-order chi connectivity index (χ1) is 8.69. The van der Waals surface area contributed by atoms with Gasteiger partial charge in [0.05, 0.1) is 6.10 Å². The second kappa shape index (κ2) is 4.92. The summed E-state index contributed by atoms with van der Waals surface area (Å²) in [5.74, 6) is 0. The maximum atomic E-state index is 12.2. The van der Waals surface area contributed by atoms with Crippen molar-refractivity contribution in [2.45, 2.75) is 24.5 Å². The van der Waals surface area contributed by atoms with Crippen molar-refractivity contribution in [3.05, 3.63) is 23.3 Å². The van der Waals surface area contributed by atoms with E-state index < -0.39 is 21.7 Å². The Morgan fingerprint density at radius 2 is 2.05 bits per heavy atom. The number of hydrogen-bond donors (Lipinski definition) is 0. The van der Waals surface area contributed by atoms with E-state index >= 15 is 0 Å². The smallest absolute Gasteiger partial charge is 0.302 e. The molecule has 1 aliphatic carbocycles. The Bertz CT molecular complexity index is 522. The Hall–Kier alpha value is -0.860. The van der Waals surface area contributed by atoms with E-state index in [2.05, 4.69) is 4.18 Å². The van der Waals surface area contributed by atoms with Crippen molar-refractivity contribution in [3.8, 4) is 0 Å². The van der Waals surface area contributed by atoms with Crippen LogP contribution in [-0.4, -0.2) is 45.1 Å². The zero-order valence-electron chi connectivity index (χ0n) is 10.3. The number of piperidine rings is 1. The van der Waals surface area contributed by atoms with Crippen molar-refractivity contribution in [2.75, 3.05) is 20.1 Å². The molecule has 1 atom stereocenters. The average Bonchev–Trinajstić information content (AvgIpc) is 2.26. The minimum absolute atomic E-state index is 0.151. The molecule has 0 spiro atoms. The van der Waals surface area contributed by atoms with Crippen LogP contribution in [-0.2, 0) is 14.3 Å². The number of alkyl halides is 3. The van der Waals surface area contributed by atoms with Crippen molar-refractivity contribution in [3.63, 3.8) is 0 Å². The van der Waals surface area contributed by atoms with Gasteiger partial charge in [0.25, 0.3) is 0 Å². The van der Waals surface area contributed by atoms with Crippen LogP contribution in [0.2, 0.25) is 0 Å². The van der Waals surface area contributed by atoms with Crippen LogP contribution < -0.4 is 0 Å². The van der Waals surface area contributed by atoms with Crippen molar-refractivity contribution in [1.29, 1.82) is 0 Å². The van der Waals surface area contributed by atoms with E-state index in [0.717, 1.165) is 24.1 Å². The molecule has 0 aromatic rings. The van der Waals surface area contributed by atoms with Gasteiger partial charge in [0.15, 0.2) is 0 Å². The fourth-order valence-electron chi connectivity index (χ4n) is 2.17. The number of rotatable bonds is 2. The van der Waals surface area contributed by atoms with Crippen LogP contribution in [0.15, 0.2) is 23.3 Å². The molecule has 108 valence electrons. The van der Waals surface area contributed by atoms with E-state index in [4.69, 9.17) is 0 Å². The van der Waals surface area contributed by atoms with E-state index in [1.54, 1.807) is 6.08 Å². The van der Waals surface area contributed by atoms with Gasteiger partial charge < -0.3 is 4.90 Å². The summed E-state index contributed by atoms with van der Waals surface area (Å²) in [6, 6.07) is 0. The summed E-state index contributed by atoms with van der Waals surface area (Å²) in [6.45, 7) is 1.48. The molecule has 2 rings (SSSR count). The van der Waals surface area contributed by atoms with Gasteiger partial charge >= 0.3 is 15.6 Å². The second-order valence-corrected chi connectivity index (χ2v) is 6.24. The summed E-state index contributed by atoms with van der Waals surface area (Å²) in [4.78, 5) is 2.02. The number of halogens is 3. The molecule has 0 amide bonds. The molecule has 1 aliphatic heterocycles. The number of hydrogen-bond acceptors (Lipinski definition) is 4. The minimum atomic E-state index is -5.54. The highest BCUT2D eigenvalue weighted by molar-refractivity contribution is 7.87. The molecule has 4 nitrogen and oxygen atoms in total. The van der Waals surface area contributed by atoms with E-state index in [9.17, 15) is 21.6 Å². The van der Waals surface area contributed by atoms with Gasteiger partial charge in [-0.05, 0) is 37.1 Å². The largest absolute Gasteiger partial charge is 0.523 e. The fraction of sp³-hybridized carbons (Fsp3) is 0.636. The average molecular weight is 297 g/mol. The van der Waals surface area contributed by atoms with Crippen LogP contribution in [0, 0.1) is 0 Å². The summed E-state index contributed by atoms with van der Waals surface area (Å²) >= 11 is 0. The van der Waals surface area contributed by atoms with Crippen LogP contribution in [0.3, 0.4) is 0 Å². The monoisotopic (exact) mass is 297 g/mol. The molecule has 19 heavy (non-hydrogen) atoms. The molecule has 0 aromatic heterocycles. The van der Waals surface area contributed by atoms with E-state index in [0.29, 0.717) is 6.54 Å². The van der Waals surface area contributed by atoms with E-state index in [1.807, 2.05) is 11.9 Å². The lowest BCUT2D eigenvalue weighted by Crippen LogP contribution is -2.33. The maximum absolute atomic E-state index is 12.2. The molecule has 1 heterocycles. The van der Waals surface area contributed by atoms with Crippen LogP contribution in [0.1, 0.15) is 12.8 Å². The summed E-state index contributed by atoms with van der Waals surface area (Å²) in [5.41, 5.74) is -3.46. The molecule has 0 aromatic carbocycles. The van der Waals surface area contributed by atoms with Crippen LogP contribution in [0.25, 0.3) is 0 Å². The molecule has 2 aliphatic rings. The third kappa shape index (κ3) is 3.18. The normalized spacial score (nSPS) is 25.6.